The highest BCUT2D eigenvalue weighted by Crippen LogP contribution is 2.29. The Morgan fingerprint density at radius 3 is 2.27 bits per heavy atom. The third-order valence-corrected chi connectivity index (χ3v) is 10.7. The number of carbonyl (C=O) groups excluding carboxylic acids is 3. The van der Waals surface area contributed by atoms with Gasteiger partial charge in [0.1, 0.15) is 11.5 Å². The number of rotatable bonds is 12. The van der Waals surface area contributed by atoms with Crippen LogP contribution in [0.5, 0.6) is 0 Å². The Kier molecular flexibility index (Phi) is 10.7. The molecule has 1 aromatic heterocycles. The van der Waals surface area contributed by atoms with Crippen molar-refractivity contribution < 1.29 is 22.8 Å². The number of nitrogens with one attached hydrogen (secondary N) is 2. The summed E-state index contributed by atoms with van der Waals surface area (Å²) in [7, 11) is -4.24. The normalized spacial score (nSPS) is 12.8. The lowest BCUT2D eigenvalue weighted by molar-refractivity contribution is 0.0732. The molecule has 2 N–H and O–H groups in total. The van der Waals surface area contributed by atoms with E-state index in [1.807, 2.05) is 41.3 Å². The van der Waals surface area contributed by atoms with E-state index in [4.69, 9.17) is 4.98 Å². The first-order valence-electron chi connectivity index (χ1n) is 17.5. The molecule has 3 amide bonds. The monoisotopic (exact) mass is 705 g/mol. The van der Waals surface area contributed by atoms with E-state index in [2.05, 4.69) is 29.6 Å². The molecule has 2 heterocycles. The van der Waals surface area contributed by atoms with Crippen LogP contribution in [0.15, 0.2) is 89.8 Å². The molecular weight excluding hydrogens is 663 g/mol. The minimum atomic E-state index is -4.24. The summed E-state index contributed by atoms with van der Waals surface area (Å²) in [6.07, 6.45) is 4.34. The van der Waals surface area contributed by atoms with E-state index in [0.29, 0.717) is 49.7 Å². The van der Waals surface area contributed by atoms with Crippen LogP contribution < -0.4 is 4.72 Å². The lowest BCUT2D eigenvalue weighted by Crippen LogP contribution is -2.36. The van der Waals surface area contributed by atoms with Crippen molar-refractivity contribution in [1.82, 2.24) is 24.5 Å². The standard InChI is InChI=1S/C40H43N5O5S/c1-4-6-21-44(22-7-5-2)40(48)36-27(3)41-37(42-36)34-19-17-31(25-35(34)39(47)45-23-20-29-13-9-11-15-32(29)26-45)38(46)43-51(49,50)33-18-16-28-12-8-10-14-30(28)24-33/h8-19,24-25H,4-7,20-23,26H2,1-3H3,(H,41,42)(H,43,46). The maximum absolute atomic E-state index is 14.3. The van der Waals surface area contributed by atoms with Gasteiger partial charge in [-0.25, -0.2) is 18.1 Å². The molecule has 0 unspecified atom stereocenters. The van der Waals surface area contributed by atoms with Crippen LogP contribution >= 0.6 is 0 Å². The van der Waals surface area contributed by atoms with E-state index in [-0.39, 0.29) is 33.5 Å². The van der Waals surface area contributed by atoms with Crippen molar-refractivity contribution in [2.24, 2.45) is 0 Å². The SMILES string of the molecule is CCCCN(CCCC)C(=O)c1nc(-c2ccc(C(=O)NS(=O)(=O)c3ccc4ccccc4c3)cc2C(=O)N2CCc3ccccc3C2)[nH]c1C. The molecule has 6 rings (SSSR count). The van der Waals surface area contributed by atoms with Crippen LogP contribution in [0, 0.1) is 6.92 Å². The van der Waals surface area contributed by atoms with Gasteiger partial charge in [0.2, 0.25) is 0 Å². The molecule has 4 aromatic carbocycles. The van der Waals surface area contributed by atoms with Gasteiger partial charge in [-0.3, -0.25) is 14.4 Å². The van der Waals surface area contributed by atoms with Gasteiger partial charge in [0.15, 0.2) is 0 Å². The fourth-order valence-electron chi connectivity index (χ4n) is 6.44. The Labute approximate surface area is 298 Å². The summed E-state index contributed by atoms with van der Waals surface area (Å²) in [6, 6.07) is 24.4. The van der Waals surface area contributed by atoms with Crippen LogP contribution in [0.2, 0.25) is 0 Å². The highest BCUT2D eigenvalue weighted by atomic mass is 32.2. The predicted molar refractivity (Wildman–Crippen MR) is 198 cm³/mol. The molecule has 0 bridgehead atoms. The van der Waals surface area contributed by atoms with Crippen LogP contribution in [0.1, 0.15) is 87.6 Å². The van der Waals surface area contributed by atoms with E-state index < -0.39 is 15.9 Å². The molecule has 5 aromatic rings. The number of unbranched alkanes of at least 4 members (excludes halogenated alkanes) is 2. The molecule has 0 saturated heterocycles. The number of aryl methyl sites for hydroxylation is 1. The van der Waals surface area contributed by atoms with Crippen LogP contribution in [-0.4, -0.2) is 65.5 Å². The molecule has 51 heavy (non-hydrogen) atoms. The van der Waals surface area contributed by atoms with Gasteiger partial charge >= 0.3 is 0 Å². The number of amides is 3. The zero-order valence-electron chi connectivity index (χ0n) is 29.2. The fraction of sp³-hybridized carbons (Fsp3) is 0.300. The minimum Gasteiger partial charge on any atom is -0.341 e. The number of fused-ring (bicyclic) bond motifs is 2. The molecule has 0 fully saturated rings. The largest absolute Gasteiger partial charge is 0.341 e. The van der Waals surface area contributed by atoms with Crippen LogP contribution in [0.4, 0.5) is 0 Å². The number of nitrogens with zero attached hydrogens (tertiary/aromatic N) is 3. The van der Waals surface area contributed by atoms with Crippen molar-refractivity contribution >= 4 is 38.5 Å². The summed E-state index contributed by atoms with van der Waals surface area (Å²) >= 11 is 0. The van der Waals surface area contributed by atoms with Gasteiger partial charge < -0.3 is 14.8 Å². The van der Waals surface area contributed by atoms with E-state index in [9.17, 15) is 22.8 Å². The number of H-pyrrole nitrogens is 1. The topological polar surface area (TPSA) is 133 Å². The highest BCUT2D eigenvalue weighted by Gasteiger charge is 2.29. The van der Waals surface area contributed by atoms with Crippen molar-refractivity contribution in [3.8, 4) is 11.4 Å². The summed E-state index contributed by atoms with van der Waals surface area (Å²) in [6.45, 7) is 8.06. The Morgan fingerprint density at radius 1 is 0.863 bits per heavy atom. The summed E-state index contributed by atoms with van der Waals surface area (Å²) in [5.41, 5.74) is 3.64. The van der Waals surface area contributed by atoms with Gasteiger partial charge in [0.25, 0.3) is 27.7 Å². The summed E-state index contributed by atoms with van der Waals surface area (Å²) in [5.74, 6) is -1.06. The van der Waals surface area contributed by atoms with Crippen LogP contribution in [0.25, 0.3) is 22.2 Å². The maximum atomic E-state index is 14.3. The summed E-state index contributed by atoms with van der Waals surface area (Å²) in [4.78, 5) is 53.1. The van der Waals surface area contributed by atoms with Crippen molar-refractivity contribution in [2.45, 2.75) is 64.3 Å². The second-order valence-electron chi connectivity index (χ2n) is 13.0. The van der Waals surface area contributed by atoms with Gasteiger partial charge in [-0.1, -0.05) is 81.3 Å². The molecule has 0 atom stereocenters. The quantitative estimate of drug-likeness (QED) is 0.145. The van der Waals surface area contributed by atoms with Crippen molar-refractivity contribution in [3.63, 3.8) is 0 Å². The molecule has 0 radical (unpaired) electrons. The first-order chi connectivity index (χ1) is 24.6. The summed E-state index contributed by atoms with van der Waals surface area (Å²) < 4.78 is 28.9. The first-order valence-corrected chi connectivity index (χ1v) is 19.0. The van der Waals surface area contributed by atoms with Gasteiger partial charge in [-0.15, -0.1) is 0 Å². The predicted octanol–water partition coefficient (Wildman–Crippen LogP) is 6.90. The second-order valence-corrected chi connectivity index (χ2v) is 14.7. The maximum Gasteiger partial charge on any atom is 0.274 e. The number of hydrogen-bond acceptors (Lipinski definition) is 6. The average Bonchev–Trinajstić information content (AvgIpc) is 3.54. The summed E-state index contributed by atoms with van der Waals surface area (Å²) in [5, 5.41) is 1.59. The highest BCUT2D eigenvalue weighted by molar-refractivity contribution is 7.90. The smallest absolute Gasteiger partial charge is 0.274 e. The Hall–Kier alpha value is -5.29. The van der Waals surface area contributed by atoms with Gasteiger partial charge in [-0.2, -0.15) is 0 Å². The second kappa shape index (κ2) is 15.3. The van der Waals surface area contributed by atoms with Crippen molar-refractivity contribution in [2.75, 3.05) is 19.6 Å². The van der Waals surface area contributed by atoms with Crippen molar-refractivity contribution in [1.29, 1.82) is 0 Å². The average molecular weight is 706 g/mol. The van der Waals surface area contributed by atoms with Gasteiger partial charge in [0, 0.05) is 43.0 Å². The molecule has 10 nitrogen and oxygen atoms in total. The third-order valence-electron chi connectivity index (χ3n) is 9.38. The van der Waals surface area contributed by atoms with E-state index in [1.54, 1.807) is 30.0 Å². The number of carbonyl (C=O) groups is 3. The molecule has 0 spiro atoms. The van der Waals surface area contributed by atoms with Crippen LogP contribution in [0.3, 0.4) is 0 Å². The van der Waals surface area contributed by atoms with E-state index in [1.165, 1.54) is 29.8 Å². The molecular formula is C40H43N5O5S. The number of imidazole rings is 1. The number of aromatic nitrogens is 2. The zero-order chi connectivity index (χ0) is 36.1. The fourth-order valence-corrected chi connectivity index (χ4v) is 7.45. The number of aromatic amines is 1. The third kappa shape index (κ3) is 7.73. The van der Waals surface area contributed by atoms with Gasteiger partial charge in [-0.05, 0) is 78.4 Å². The van der Waals surface area contributed by atoms with E-state index >= 15 is 0 Å². The zero-order valence-corrected chi connectivity index (χ0v) is 30.1. The molecule has 11 heteroatoms. The number of benzene rings is 4. The minimum absolute atomic E-state index is 0.00578. The molecule has 0 aliphatic carbocycles. The number of sulfonamides is 1. The Morgan fingerprint density at radius 2 is 1.55 bits per heavy atom. The first kappa shape index (κ1) is 35.5. The molecule has 1 aliphatic heterocycles. The molecule has 1 aliphatic rings. The van der Waals surface area contributed by atoms with Gasteiger partial charge in [0.05, 0.1) is 10.5 Å². The van der Waals surface area contributed by atoms with E-state index in [0.717, 1.165) is 42.0 Å². The van der Waals surface area contributed by atoms with Crippen LogP contribution in [-0.2, 0) is 23.0 Å². The Balaban J connectivity index is 1.35. The Bertz CT molecular complexity index is 2200. The molecule has 264 valence electrons. The van der Waals surface area contributed by atoms with Crippen molar-refractivity contribution in [3.05, 3.63) is 119 Å². The lowest BCUT2D eigenvalue weighted by atomic mass is 9.97. The number of hydrogen-bond donors (Lipinski definition) is 2. The lowest BCUT2D eigenvalue weighted by Gasteiger charge is -2.29. The molecule has 0 saturated carbocycles.